The first-order chi connectivity index (χ1) is 19.1. The summed E-state index contributed by atoms with van der Waals surface area (Å²) >= 11 is 14.4. The van der Waals surface area contributed by atoms with E-state index in [9.17, 15) is 19.2 Å². The van der Waals surface area contributed by atoms with E-state index < -0.39 is 45.2 Å². The number of alkyl halides is 2. The van der Waals surface area contributed by atoms with Crippen molar-refractivity contribution in [2.24, 2.45) is 17.8 Å². The fourth-order valence-electron chi connectivity index (χ4n) is 7.02. The standard InChI is InChI=1S/C30H28Cl2N2O6/c1-33-27(38)29(31)15-22-20(24(30(29,32)28(33)39)18-7-9-19(10-8-18)40-14-13-35)11-12-21-23(22)26(37)34(25(21)36)16-17-5-3-2-4-6-17/h2-11,21-24,35H,12-16H2,1H3. The van der Waals surface area contributed by atoms with Gasteiger partial charge in [-0.3, -0.25) is 29.0 Å². The van der Waals surface area contributed by atoms with E-state index in [1.165, 1.54) is 11.9 Å². The van der Waals surface area contributed by atoms with Gasteiger partial charge in [-0.25, -0.2) is 0 Å². The Morgan fingerprint density at radius 1 is 0.950 bits per heavy atom. The van der Waals surface area contributed by atoms with E-state index in [-0.39, 0.29) is 38.0 Å². The zero-order chi connectivity index (χ0) is 28.4. The molecule has 6 rings (SSSR count). The number of aliphatic hydroxyl groups is 1. The first kappa shape index (κ1) is 27.0. The summed E-state index contributed by atoms with van der Waals surface area (Å²) in [5, 5.41) is 9.08. The van der Waals surface area contributed by atoms with Gasteiger partial charge in [0, 0.05) is 13.0 Å². The highest BCUT2D eigenvalue weighted by Gasteiger charge is 2.75. The predicted molar refractivity (Wildman–Crippen MR) is 146 cm³/mol. The van der Waals surface area contributed by atoms with Gasteiger partial charge in [-0.05, 0) is 42.0 Å². The lowest BCUT2D eigenvalue weighted by molar-refractivity contribution is -0.141. The number of amides is 4. The Bertz CT molecular complexity index is 1430. The number of hydrogen-bond acceptors (Lipinski definition) is 6. The third kappa shape index (κ3) is 3.69. The Balaban J connectivity index is 1.43. The lowest BCUT2D eigenvalue weighted by atomic mass is 9.56. The number of halogens is 2. The molecule has 2 aromatic carbocycles. The minimum absolute atomic E-state index is 0.0354. The zero-order valence-electron chi connectivity index (χ0n) is 21.8. The van der Waals surface area contributed by atoms with E-state index in [4.69, 9.17) is 33.0 Å². The van der Waals surface area contributed by atoms with E-state index in [1.54, 1.807) is 24.3 Å². The summed E-state index contributed by atoms with van der Waals surface area (Å²) in [5.74, 6) is -3.89. The first-order valence-electron chi connectivity index (χ1n) is 13.3. The monoisotopic (exact) mass is 582 g/mol. The van der Waals surface area contributed by atoms with Gasteiger partial charge in [0.15, 0.2) is 9.75 Å². The van der Waals surface area contributed by atoms with Crippen LogP contribution in [0.25, 0.3) is 0 Å². The maximum atomic E-state index is 13.9. The van der Waals surface area contributed by atoms with Crippen molar-refractivity contribution in [1.82, 2.24) is 9.80 Å². The van der Waals surface area contributed by atoms with Crippen LogP contribution in [0.2, 0.25) is 0 Å². The van der Waals surface area contributed by atoms with Gasteiger partial charge in [-0.2, -0.15) is 0 Å². The van der Waals surface area contributed by atoms with Gasteiger partial charge < -0.3 is 9.84 Å². The van der Waals surface area contributed by atoms with Crippen molar-refractivity contribution in [2.45, 2.75) is 35.1 Å². The largest absolute Gasteiger partial charge is 0.491 e. The van der Waals surface area contributed by atoms with Gasteiger partial charge >= 0.3 is 0 Å². The van der Waals surface area contributed by atoms with Gasteiger partial charge in [0.1, 0.15) is 12.4 Å². The average Bonchev–Trinajstić information content (AvgIpc) is 3.27. The molecule has 0 radical (unpaired) electrons. The number of allylic oxidation sites excluding steroid dienone is 2. The molecule has 0 spiro atoms. The number of carbonyl (C=O) groups excluding carboxylic acids is 4. The minimum atomic E-state index is -1.82. The van der Waals surface area contributed by atoms with Gasteiger partial charge in [-0.15, -0.1) is 23.2 Å². The molecule has 208 valence electrons. The summed E-state index contributed by atoms with van der Waals surface area (Å²) < 4.78 is 5.49. The molecule has 1 saturated carbocycles. The molecule has 6 unspecified atom stereocenters. The predicted octanol–water partition coefficient (Wildman–Crippen LogP) is 3.25. The molecule has 1 N–H and O–H groups in total. The number of hydrogen-bond donors (Lipinski definition) is 1. The summed E-state index contributed by atoms with van der Waals surface area (Å²) in [6.07, 6.45) is 2.20. The molecule has 2 aromatic rings. The summed E-state index contributed by atoms with van der Waals surface area (Å²) in [5.41, 5.74) is 2.23. The second-order valence-electron chi connectivity index (χ2n) is 10.9. The van der Waals surface area contributed by atoms with Crippen LogP contribution in [0.3, 0.4) is 0 Å². The normalized spacial score (nSPS) is 33.0. The Kier molecular flexibility index (Phi) is 6.56. The molecule has 4 aliphatic rings. The van der Waals surface area contributed by atoms with Crippen molar-refractivity contribution >= 4 is 46.8 Å². The van der Waals surface area contributed by atoms with Gasteiger partial charge in [0.25, 0.3) is 11.8 Å². The summed E-state index contributed by atoms with van der Waals surface area (Å²) in [7, 11) is 1.37. The second-order valence-corrected chi connectivity index (χ2v) is 12.1. The van der Waals surface area contributed by atoms with Crippen LogP contribution in [0.4, 0.5) is 0 Å². The zero-order valence-corrected chi connectivity index (χ0v) is 23.3. The quantitative estimate of drug-likeness (QED) is 0.318. The lowest BCUT2D eigenvalue weighted by Crippen LogP contribution is -2.60. The Hall–Kier alpha value is -3.20. The molecule has 4 amide bonds. The second kappa shape index (κ2) is 9.72. The average molecular weight is 583 g/mol. The smallest absolute Gasteiger partial charge is 0.253 e. The Morgan fingerprint density at radius 3 is 2.33 bits per heavy atom. The molecule has 8 nitrogen and oxygen atoms in total. The Labute approximate surface area is 241 Å². The van der Waals surface area contributed by atoms with Gasteiger partial charge in [-0.1, -0.05) is 54.1 Å². The molecule has 2 aliphatic heterocycles. The lowest BCUT2D eigenvalue weighted by Gasteiger charge is -2.50. The fraction of sp³-hybridized carbons (Fsp3) is 0.400. The van der Waals surface area contributed by atoms with Crippen LogP contribution in [0.1, 0.15) is 29.9 Å². The van der Waals surface area contributed by atoms with Crippen molar-refractivity contribution in [2.75, 3.05) is 20.3 Å². The number of carbonyl (C=O) groups is 4. The number of fused-ring (bicyclic) bond motifs is 4. The maximum Gasteiger partial charge on any atom is 0.253 e. The minimum Gasteiger partial charge on any atom is -0.491 e. The number of ether oxygens (including phenoxy) is 1. The number of aliphatic hydroxyl groups excluding tert-OH is 1. The van der Waals surface area contributed by atoms with Crippen molar-refractivity contribution in [1.29, 1.82) is 0 Å². The summed E-state index contributed by atoms with van der Waals surface area (Å²) in [4.78, 5) is 53.2. The SMILES string of the molecule is CN1C(=O)C2(Cl)CC3C(=CCC4C(=O)N(Cc5ccccc5)C(=O)C43)C(c3ccc(OCCO)cc3)C2(Cl)C1=O. The molecular weight excluding hydrogens is 555 g/mol. The van der Waals surface area contributed by atoms with Crippen LogP contribution in [-0.2, 0) is 25.7 Å². The van der Waals surface area contributed by atoms with E-state index in [0.29, 0.717) is 17.7 Å². The van der Waals surface area contributed by atoms with Crippen LogP contribution in [-0.4, -0.2) is 68.5 Å². The van der Waals surface area contributed by atoms with Crippen molar-refractivity contribution in [3.63, 3.8) is 0 Å². The van der Waals surface area contributed by atoms with E-state index in [1.807, 2.05) is 36.4 Å². The molecular formula is C30H28Cl2N2O6. The number of imide groups is 2. The third-order valence-corrected chi connectivity index (χ3v) is 10.3. The van der Waals surface area contributed by atoms with Crippen molar-refractivity contribution < 1.29 is 29.0 Å². The van der Waals surface area contributed by atoms with Crippen LogP contribution >= 0.6 is 23.2 Å². The topological polar surface area (TPSA) is 104 Å². The molecule has 0 aromatic heterocycles. The molecule has 2 heterocycles. The molecule has 6 atom stereocenters. The highest BCUT2D eigenvalue weighted by molar-refractivity contribution is 6.53. The molecule has 3 fully saturated rings. The molecule has 2 aliphatic carbocycles. The first-order valence-corrected chi connectivity index (χ1v) is 14.0. The third-order valence-electron chi connectivity index (χ3n) is 8.86. The molecule has 40 heavy (non-hydrogen) atoms. The Morgan fingerprint density at radius 2 is 1.65 bits per heavy atom. The van der Waals surface area contributed by atoms with Crippen LogP contribution < -0.4 is 4.74 Å². The molecule has 0 bridgehead atoms. The number of benzene rings is 2. The highest BCUT2D eigenvalue weighted by Crippen LogP contribution is 2.65. The number of rotatable bonds is 6. The molecule has 2 saturated heterocycles. The van der Waals surface area contributed by atoms with Crippen molar-refractivity contribution in [3.05, 3.63) is 77.4 Å². The van der Waals surface area contributed by atoms with Crippen LogP contribution in [0, 0.1) is 17.8 Å². The fourth-order valence-corrected chi connectivity index (χ4v) is 8.04. The summed E-state index contributed by atoms with van der Waals surface area (Å²) in [6.45, 7) is 0.145. The van der Waals surface area contributed by atoms with E-state index >= 15 is 0 Å². The molecule has 10 heteroatoms. The van der Waals surface area contributed by atoms with Crippen LogP contribution in [0.5, 0.6) is 5.75 Å². The number of likely N-dealkylation sites (tertiary alicyclic amines) is 2. The summed E-state index contributed by atoms with van der Waals surface area (Å²) in [6, 6.07) is 16.2. The number of nitrogens with zero attached hydrogens (tertiary/aromatic N) is 2. The van der Waals surface area contributed by atoms with Crippen molar-refractivity contribution in [3.8, 4) is 5.75 Å². The highest BCUT2D eigenvalue weighted by atomic mass is 35.5. The van der Waals surface area contributed by atoms with Crippen LogP contribution in [0.15, 0.2) is 66.2 Å². The van der Waals surface area contributed by atoms with Gasteiger partial charge in [0.05, 0.1) is 25.0 Å². The van der Waals surface area contributed by atoms with Gasteiger partial charge in [0.2, 0.25) is 11.8 Å². The van der Waals surface area contributed by atoms with E-state index in [2.05, 4.69) is 0 Å². The van der Waals surface area contributed by atoms with E-state index in [0.717, 1.165) is 16.0 Å². The maximum absolute atomic E-state index is 13.9.